The number of halogens is 1. The summed E-state index contributed by atoms with van der Waals surface area (Å²) in [4.78, 5) is 12.9. The predicted octanol–water partition coefficient (Wildman–Crippen LogP) is 5.07. The Hall–Kier alpha value is -2.84. The number of amides is 1. The van der Waals surface area contributed by atoms with Crippen LogP contribution in [-0.4, -0.2) is 27.0 Å². The Bertz CT molecular complexity index is 1130. The van der Waals surface area contributed by atoms with E-state index >= 15 is 0 Å². The molecule has 8 heteroatoms. The summed E-state index contributed by atoms with van der Waals surface area (Å²) in [5.41, 5.74) is 0.912. The molecule has 0 fully saturated rings. The van der Waals surface area contributed by atoms with Gasteiger partial charge in [-0.15, -0.1) is 0 Å². The third-order valence-electron chi connectivity index (χ3n) is 4.22. The molecular weight excluding hydrogens is 480 g/mol. The fraction of sp³-hybridized carbons (Fsp3) is 0.174. The molecule has 31 heavy (non-hydrogen) atoms. The molecule has 1 amide bonds. The van der Waals surface area contributed by atoms with E-state index in [0.717, 1.165) is 8.78 Å². The Kier molecular flexibility index (Phi) is 7.35. The van der Waals surface area contributed by atoms with Crippen molar-refractivity contribution in [3.05, 3.63) is 83.3 Å². The number of rotatable bonds is 8. The lowest BCUT2D eigenvalue weighted by Gasteiger charge is -2.24. The molecule has 0 heterocycles. The fourth-order valence-corrected chi connectivity index (χ4v) is 4.60. The van der Waals surface area contributed by atoms with Gasteiger partial charge in [0.05, 0.1) is 16.7 Å². The van der Waals surface area contributed by atoms with E-state index in [-0.39, 0.29) is 17.5 Å². The van der Waals surface area contributed by atoms with Gasteiger partial charge in [-0.1, -0.05) is 40.2 Å². The van der Waals surface area contributed by atoms with E-state index in [9.17, 15) is 13.2 Å². The molecule has 3 aromatic carbocycles. The zero-order valence-corrected chi connectivity index (χ0v) is 19.6. The Balaban J connectivity index is 1.87. The molecule has 0 aliphatic carbocycles. The van der Waals surface area contributed by atoms with Crippen LogP contribution in [0, 0.1) is 0 Å². The summed E-state index contributed by atoms with van der Waals surface area (Å²) >= 11 is 3.35. The van der Waals surface area contributed by atoms with Crippen LogP contribution < -0.4 is 14.4 Å². The van der Waals surface area contributed by atoms with Crippen molar-refractivity contribution >= 4 is 43.2 Å². The van der Waals surface area contributed by atoms with Crippen molar-refractivity contribution in [2.45, 2.75) is 24.8 Å². The summed E-state index contributed by atoms with van der Waals surface area (Å²) in [7, 11) is -3.95. The van der Waals surface area contributed by atoms with Gasteiger partial charge in [-0.2, -0.15) is 0 Å². The smallest absolute Gasteiger partial charge is 0.264 e. The first-order valence-corrected chi connectivity index (χ1v) is 11.9. The van der Waals surface area contributed by atoms with Crippen LogP contribution in [0.4, 0.5) is 11.4 Å². The molecule has 0 aromatic heterocycles. The average molecular weight is 503 g/mol. The van der Waals surface area contributed by atoms with Crippen LogP contribution in [0.15, 0.2) is 88.2 Å². The molecule has 0 unspecified atom stereocenters. The zero-order chi connectivity index (χ0) is 22.4. The number of ether oxygens (including phenoxy) is 1. The zero-order valence-electron chi connectivity index (χ0n) is 17.2. The van der Waals surface area contributed by atoms with Gasteiger partial charge in [0, 0.05) is 16.2 Å². The van der Waals surface area contributed by atoms with Crippen LogP contribution in [0.5, 0.6) is 5.75 Å². The van der Waals surface area contributed by atoms with Gasteiger partial charge in [0.2, 0.25) is 5.91 Å². The highest BCUT2D eigenvalue weighted by Gasteiger charge is 2.27. The van der Waals surface area contributed by atoms with Crippen molar-refractivity contribution in [1.82, 2.24) is 0 Å². The van der Waals surface area contributed by atoms with Gasteiger partial charge in [-0.25, -0.2) is 8.42 Å². The van der Waals surface area contributed by atoms with Crippen LogP contribution in [0.2, 0.25) is 0 Å². The van der Waals surface area contributed by atoms with Crippen molar-refractivity contribution in [1.29, 1.82) is 0 Å². The number of nitrogens with zero attached hydrogens (tertiary/aromatic N) is 1. The molecule has 162 valence electrons. The highest BCUT2D eigenvalue weighted by molar-refractivity contribution is 9.10. The molecule has 0 spiro atoms. The van der Waals surface area contributed by atoms with Crippen molar-refractivity contribution in [3.63, 3.8) is 0 Å². The summed E-state index contributed by atoms with van der Waals surface area (Å²) in [5.74, 6) is 0.151. The van der Waals surface area contributed by atoms with E-state index in [2.05, 4.69) is 21.2 Å². The van der Waals surface area contributed by atoms with Crippen LogP contribution >= 0.6 is 15.9 Å². The van der Waals surface area contributed by atoms with Gasteiger partial charge in [0.15, 0.2) is 0 Å². The summed E-state index contributed by atoms with van der Waals surface area (Å²) in [6.45, 7) is 3.44. The molecule has 0 aliphatic rings. The third-order valence-corrected chi connectivity index (χ3v) is 6.54. The van der Waals surface area contributed by atoms with Gasteiger partial charge in [0.1, 0.15) is 12.3 Å². The molecule has 6 nitrogen and oxygen atoms in total. The number of nitrogens with one attached hydrogen (secondary N) is 1. The van der Waals surface area contributed by atoms with Crippen molar-refractivity contribution < 1.29 is 17.9 Å². The maximum atomic E-state index is 13.3. The lowest BCUT2D eigenvalue weighted by atomic mass is 10.3. The highest BCUT2D eigenvalue weighted by Crippen LogP contribution is 2.26. The third kappa shape index (κ3) is 6.08. The van der Waals surface area contributed by atoms with Crippen LogP contribution in [-0.2, 0) is 14.8 Å². The first kappa shape index (κ1) is 22.8. The Morgan fingerprint density at radius 1 is 1.00 bits per heavy atom. The second-order valence-corrected chi connectivity index (χ2v) is 9.82. The molecule has 3 aromatic rings. The van der Waals surface area contributed by atoms with E-state index in [4.69, 9.17) is 4.74 Å². The van der Waals surface area contributed by atoms with Crippen LogP contribution in [0.3, 0.4) is 0 Å². The molecule has 0 saturated heterocycles. The van der Waals surface area contributed by atoms with E-state index < -0.39 is 15.9 Å². The van der Waals surface area contributed by atoms with E-state index in [1.165, 1.54) is 12.1 Å². The van der Waals surface area contributed by atoms with E-state index in [1.807, 2.05) is 13.8 Å². The standard InChI is InChI=1S/C23H23BrN2O4S/c1-17(2)30-21-8-6-7-19(15-21)25-23(27)16-26(20-13-11-18(24)12-14-20)31(28,29)22-9-4-3-5-10-22/h3-15,17H,16H2,1-2H3,(H,25,27). The second kappa shape index (κ2) is 9.98. The quantitative estimate of drug-likeness (QED) is 0.466. The lowest BCUT2D eigenvalue weighted by Crippen LogP contribution is -2.38. The van der Waals surface area contributed by atoms with Crippen molar-refractivity contribution in [3.8, 4) is 5.75 Å². The number of anilines is 2. The highest BCUT2D eigenvalue weighted by atomic mass is 79.9. The van der Waals surface area contributed by atoms with Gasteiger partial charge >= 0.3 is 0 Å². The fourth-order valence-electron chi connectivity index (χ4n) is 2.89. The number of sulfonamides is 1. The summed E-state index contributed by atoms with van der Waals surface area (Å²) in [6.07, 6.45) is -0.00476. The monoisotopic (exact) mass is 502 g/mol. The van der Waals surface area contributed by atoms with Crippen LogP contribution in [0.25, 0.3) is 0 Å². The summed E-state index contributed by atoms with van der Waals surface area (Å²) in [6, 6.07) is 21.8. The average Bonchev–Trinajstić information content (AvgIpc) is 2.73. The Morgan fingerprint density at radius 3 is 2.32 bits per heavy atom. The number of hydrogen-bond acceptors (Lipinski definition) is 4. The number of benzene rings is 3. The molecule has 0 saturated carbocycles. The molecular formula is C23H23BrN2O4S. The van der Waals surface area contributed by atoms with Crippen molar-refractivity contribution in [2.24, 2.45) is 0 Å². The van der Waals surface area contributed by atoms with Gasteiger partial charge in [-0.3, -0.25) is 9.10 Å². The van der Waals surface area contributed by atoms with Gasteiger partial charge in [-0.05, 0) is 62.4 Å². The largest absolute Gasteiger partial charge is 0.491 e. The van der Waals surface area contributed by atoms with Crippen molar-refractivity contribution in [2.75, 3.05) is 16.2 Å². The minimum absolute atomic E-state index is 0.00476. The maximum Gasteiger partial charge on any atom is 0.264 e. The lowest BCUT2D eigenvalue weighted by molar-refractivity contribution is -0.114. The Morgan fingerprint density at radius 2 is 1.68 bits per heavy atom. The normalized spacial score (nSPS) is 11.2. The minimum Gasteiger partial charge on any atom is -0.491 e. The summed E-state index contributed by atoms with van der Waals surface area (Å²) < 4.78 is 34.1. The summed E-state index contributed by atoms with van der Waals surface area (Å²) in [5, 5.41) is 2.76. The molecule has 0 atom stereocenters. The first-order chi connectivity index (χ1) is 14.8. The molecule has 0 bridgehead atoms. The maximum absolute atomic E-state index is 13.3. The molecule has 1 N–H and O–H groups in total. The SMILES string of the molecule is CC(C)Oc1cccc(NC(=O)CN(c2ccc(Br)cc2)S(=O)(=O)c2ccccc2)c1. The van der Waals surface area contributed by atoms with Crippen LogP contribution in [0.1, 0.15) is 13.8 Å². The first-order valence-electron chi connectivity index (χ1n) is 9.65. The number of hydrogen-bond donors (Lipinski definition) is 1. The second-order valence-electron chi connectivity index (χ2n) is 7.04. The predicted molar refractivity (Wildman–Crippen MR) is 126 cm³/mol. The molecule has 0 radical (unpaired) electrons. The number of carbonyl (C=O) groups excluding carboxylic acids is 1. The molecule has 3 rings (SSSR count). The Labute approximate surface area is 191 Å². The number of carbonyl (C=O) groups is 1. The van der Waals surface area contributed by atoms with E-state index in [1.54, 1.807) is 66.7 Å². The topological polar surface area (TPSA) is 75.7 Å². The minimum atomic E-state index is -3.95. The van der Waals surface area contributed by atoms with E-state index in [0.29, 0.717) is 17.1 Å². The van der Waals surface area contributed by atoms with Gasteiger partial charge in [0.25, 0.3) is 10.0 Å². The van der Waals surface area contributed by atoms with Gasteiger partial charge < -0.3 is 10.1 Å². The molecule has 0 aliphatic heterocycles.